The number of hydrogen-bond acceptors (Lipinski definition) is 3. The molecule has 3 rings (SSSR count). The minimum Gasteiger partial charge on any atom is -0.394 e. The minimum atomic E-state index is -0.580. The standard InChI is InChI=1S/C16H19FN4O2/c17-12-3-1-11(2-4-12)15(9-22)20-16(23)19-8-14-7-18-10-21(14)13-5-6-13/h1-4,7,10,13,15,22H,5-6,8-9H2,(H2,19,20,23). The molecule has 122 valence electrons. The third-order valence-corrected chi connectivity index (χ3v) is 3.88. The predicted octanol–water partition coefficient (Wildman–Crippen LogP) is 1.89. The number of benzene rings is 1. The van der Waals surface area contributed by atoms with Crippen molar-refractivity contribution in [3.8, 4) is 0 Å². The molecule has 7 heteroatoms. The van der Waals surface area contributed by atoms with E-state index in [1.54, 1.807) is 24.7 Å². The number of halogens is 1. The number of imidazole rings is 1. The van der Waals surface area contributed by atoms with Crippen molar-refractivity contribution >= 4 is 6.03 Å². The van der Waals surface area contributed by atoms with Crippen molar-refractivity contribution < 1.29 is 14.3 Å². The van der Waals surface area contributed by atoms with Crippen molar-refractivity contribution in [3.63, 3.8) is 0 Å². The topological polar surface area (TPSA) is 79.2 Å². The number of hydrogen-bond donors (Lipinski definition) is 3. The second-order valence-corrected chi connectivity index (χ2v) is 5.64. The fourth-order valence-electron chi connectivity index (χ4n) is 2.46. The van der Waals surface area contributed by atoms with Crippen LogP contribution >= 0.6 is 0 Å². The van der Waals surface area contributed by atoms with Gasteiger partial charge in [-0.1, -0.05) is 12.1 Å². The van der Waals surface area contributed by atoms with Crippen LogP contribution in [0.5, 0.6) is 0 Å². The highest BCUT2D eigenvalue weighted by molar-refractivity contribution is 5.74. The molecule has 0 aliphatic heterocycles. The number of nitrogens with zero attached hydrogens (tertiary/aromatic N) is 2. The van der Waals surface area contributed by atoms with E-state index in [4.69, 9.17) is 0 Å². The van der Waals surface area contributed by atoms with Crippen molar-refractivity contribution in [1.82, 2.24) is 20.2 Å². The quantitative estimate of drug-likeness (QED) is 0.761. The monoisotopic (exact) mass is 318 g/mol. The Labute approximate surface area is 133 Å². The molecule has 1 aliphatic rings. The van der Waals surface area contributed by atoms with Gasteiger partial charge in [0.2, 0.25) is 0 Å². The number of carbonyl (C=O) groups is 1. The molecule has 0 bridgehead atoms. The van der Waals surface area contributed by atoms with Gasteiger partial charge in [0.05, 0.1) is 31.2 Å². The second kappa shape index (κ2) is 6.78. The van der Waals surface area contributed by atoms with E-state index in [9.17, 15) is 14.3 Å². The SMILES string of the molecule is O=C(NCc1cncn1C1CC1)NC(CO)c1ccc(F)cc1. The lowest BCUT2D eigenvalue weighted by Crippen LogP contribution is -2.39. The molecule has 3 N–H and O–H groups in total. The minimum absolute atomic E-state index is 0.265. The maximum atomic E-state index is 12.9. The lowest BCUT2D eigenvalue weighted by atomic mass is 10.1. The third-order valence-electron chi connectivity index (χ3n) is 3.88. The molecule has 1 aromatic carbocycles. The number of carbonyl (C=O) groups excluding carboxylic acids is 1. The molecule has 0 radical (unpaired) electrons. The van der Waals surface area contributed by atoms with Crippen LogP contribution in [-0.4, -0.2) is 27.3 Å². The Bertz CT molecular complexity index is 667. The van der Waals surface area contributed by atoms with Gasteiger partial charge in [-0.2, -0.15) is 0 Å². The fourth-order valence-corrected chi connectivity index (χ4v) is 2.46. The van der Waals surface area contributed by atoms with Crippen molar-refractivity contribution in [3.05, 3.63) is 53.9 Å². The Balaban J connectivity index is 1.55. The van der Waals surface area contributed by atoms with Gasteiger partial charge in [-0.3, -0.25) is 0 Å². The number of nitrogens with one attached hydrogen (secondary N) is 2. The van der Waals surface area contributed by atoms with Crippen LogP contribution < -0.4 is 10.6 Å². The first-order valence-electron chi connectivity index (χ1n) is 7.58. The lowest BCUT2D eigenvalue weighted by Gasteiger charge is -2.17. The smallest absolute Gasteiger partial charge is 0.315 e. The summed E-state index contributed by atoms with van der Waals surface area (Å²) < 4.78 is 15.0. The summed E-state index contributed by atoms with van der Waals surface area (Å²) in [5.74, 6) is -0.358. The molecule has 6 nitrogen and oxygen atoms in total. The number of aromatic nitrogens is 2. The average molecular weight is 318 g/mol. The maximum Gasteiger partial charge on any atom is 0.315 e. The van der Waals surface area contributed by atoms with Gasteiger partial charge in [0.1, 0.15) is 5.82 Å². The van der Waals surface area contributed by atoms with E-state index >= 15 is 0 Å². The molecule has 1 aliphatic carbocycles. The van der Waals surface area contributed by atoms with Crippen LogP contribution in [0.15, 0.2) is 36.8 Å². The normalized spacial score (nSPS) is 15.2. The summed E-state index contributed by atoms with van der Waals surface area (Å²) in [5, 5.41) is 14.9. The van der Waals surface area contributed by atoms with E-state index in [0.717, 1.165) is 18.5 Å². The second-order valence-electron chi connectivity index (χ2n) is 5.64. The number of amides is 2. The molecule has 1 heterocycles. The highest BCUT2D eigenvalue weighted by Gasteiger charge is 2.25. The van der Waals surface area contributed by atoms with Gasteiger partial charge in [0, 0.05) is 12.2 Å². The molecule has 2 aromatic rings. The highest BCUT2D eigenvalue weighted by Crippen LogP contribution is 2.35. The van der Waals surface area contributed by atoms with Gasteiger partial charge in [-0.05, 0) is 30.5 Å². The molecule has 1 atom stereocenters. The van der Waals surface area contributed by atoms with E-state index in [1.165, 1.54) is 12.1 Å². The van der Waals surface area contributed by atoms with Crippen LogP contribution in [0.3, 0.4) is 0 Å². The van der Waals surface area contributed by atoms with Crippen molar-refractivity contribution in [2.24, 2.45) is 0 Å². The molecular weight excluding hydrogens is 299 g/mol. The van der Waals surface area contributed by atoms with Crippen LogP contribution in [0.25, 0.3) is 0 Å². The zero-order valence-electron chi connectivity index (χ0n) is 12.6. The van der Waals surface area contributed by atoms with E-state index in [1.807, 2.05) is 0 Å². The Morgan fingerprint density at radius 1 is 1.39 bits per heavy atom. The molecule has 23 heavy (non-hydrogen) atoms. The third kappa shape index (κ3) is 3.87. The summed E-state index contributed by atoms with van der Waals surface area (Å²) in [5.41, 5.74) is 1.59. The Morgan fingerprint density at radius 2 is 2.13 bits per heavy atom. The fraction of sp³-hybridized carbons (Fsp3) is 0.375. The molecule has 1 saturated carbocycles. The van der Waals surface area contributed by atoms with E-state index in [-0.39, 0.29) is 12.4 Å². The summed E-state index contributed by atoms with van der Waals surface area (Å²) >= 11 is 0. The molecule has 1 unspecified atom stereocenters. The first-order valence-corrected chi connectivity index (χ1v) is 7.58. The number of rotatable bonds is 6. The van der Waals surface area contributed by atoms with Crippen molar-refractivity contribution in [2.75, 3.05) is 6.61 Å². The van der Waals surface area contributed by atoms with Crippen molar-refractivity contribution in [1.29, 1.82) is 0 Å². The predicted molar refractivity (Wildman–Crippen MR) is 82.1 cm³/mol. The van der Waals surface area contributed by atoms with Gasteiger partial charge >= 0.3 is 6.03 Å². The first kappa shape index (κ1) is 15.5. The van der Waals surface area contributed by atoms with Crippen LogP contribution in [0.1, 0.15) is 36.2 Å². The largest absolute Gasteiger partial charge is 0.394 e. The van der Waals surface area contributed by atoms with Crippen LogP contribution in [-0.2, 0) is 6.54 Å². The van der Waals surface area contributed by atoms with Gasteiger partial charge in [0.25, 0.3) is 0 Å². The number of urea groups is 1. The summed E-state index contributed by atoms with van der Waals surface area (Å²) in [6, 6.07) is 5.21. The molecular formula is C16H19FN4O2. The van der Waals surface area contributed by atoms with Crippen molar-refractivity contribution in [2.45, 2.75) is 31.5 Å². The molecule has 1 aromatic heterocycles. The number of aliphatic hydroxyl groups excluding tert-OH is 1. The van der Waals surface area contributed by atoms with Gasteiger partial charge in [-0.15, -0.1) is 0 Å². The molecule has 0 spiro atoms. The van der Waals surface area contributed by atoms with Crippen LogP contribution in [0.4, 0.5) is 9.18 Å². The molecule has 1 fully saturated rings. The average Bonchev–Trinajstić information content (AvgIpc) is 3.30. The molecule has 0 saturated heterocycles. The Kier molecular flexibility index (Phi) is 4.57. The maximum absolute atomic E-state index is 12.9. The van der Waals surface area contributed by atoms with Gasteiger partial charge in [0.15, 0.2) is 0 Å². The highest BCUT2D eigenvalue weighted by atomic mass is 19.1. The van der Waals surface area contributed by atoms with E-state index < -0.39 is 12.1 Å². The van der Waals surface area contributed by atoms with Crippen LogP contribution in [0, 0.1) is 5.82 Å². The molecule has 2 amide bonds. The summed E-state index contributed by atoms with van der Waals surface area (Å²) in [6.07, 6.45) is 5.81. The lowest BCUT2D eigenvalue weighted by molar-refractivity contribution is 0.216. The Hall–Kier alpha value is -2.41. The van der Waals surface area contributed by atoms with E-state index in [0.29, 0.717) is 18.2 Å². The van der Waals surface area contributed by atoms with Crippen LogP contribution in [0.2, 0.25) is 0 Å². The first-order chi connectivity index (χ1) is 11.2. The number of aliphatic hydroxyl groups is 1. The van der Waals surface area contributed by atoms with Gasteiger partial charge < -0.3 is 20.3 Å². The zero-order chi connectivity index (χ0) is 16.2. The van der Waals surface area contributed by atoms with E-state index in [2.05, 4.69) is 20.2 Å². The van der Waals surface area contributed by atoms with Gasteiger partial charge in [-0.25, -0.2) is 14.2 Å². The summed E-state index contributed by atoms with van der Waals surface area (Å²) in [4.78, 5) is 16.1. The Morgan fingerprint density at radius 3 is 2.78 bits per heavy atom. The summed E-state index contributed by atoms with van der Waals surface area (Å²) in [7, 11) is 0. The zero-order valence-corrected chi connectivity index (χ0v) is 12.6. The summed E-state index contributed by atoms with van der Waals surface area (Å²) in [6.45, 7) is 0.100.